The van der Waals surface area contributed by atoms with E-state index in [0.29, 0.717) is 5.69 Å². The molecule has 0 fully saturated rings. The Balaban J connectivity index is 2.06. The molecule has 3 aromatic rings. The van der Waals surface area contributed by atoms with Crippen LogP contribution in [-0.4, -0.2) is 43.8 Å². The maximum absolute atomic E-state index is 13.9. The third-order valence-electron chi connectivity index (χ3n) is 6.53. The van der Waals surface area contributed by atoms with Gasteiger partial charge in [-0.1, -0.05) is 60.2 Å². The van der Waals surface area contributed by atoms with E-state index in [1.807, 2.05) is 71.0 Å². The number of benzene rings is 3. The normalized spacial score (nSPS) is 12.2. The van der Waals surface area contributed by atoms with Crippen molar-refractivity contribution in [3.8, 4) is 0 Å². The van der Waals surface area contributed by atoms with Crippen molar-refractivity contribution < 1.29 is 18.0 Å². The molecule has 0 aliphatic rings. The van der Waals surface area contributed by atoms with Gasteiger partial charge in [-0.2, -0.15) is 0 Å². The highest BCUT2D eigenvalue weighted by atomic mass is 32.2. The fourth-order valence-corrected chi connectivity index (χ4v) is 5.60. The fraction of sp³-hybridized carbons (Fsp3) is 0.333. The molecule has 0 aliphatic carbocycles. The van der Waals surface area contributed by atoms with Gasteiger partial charge < -0.3 is 10.2 Å². The Bertz CT molecular complexity index is 1370. The van der Waals surface area contributed by atoms with Crippen molar-refractivity contribution in [1.82, 2.24) is 10.2 Å². The van der Waals surface area contributed by atoms with Gasteiger partial charge in [-0.25, -0.2) is 8.42 Å². The van der Waals surface area contributed by atoms with E-state index < -0.39 is 28.5 Å². The first-order valence-corrected chi connectivity index (χ1v) is 14.1. The number of nitrogens with zero attached hydrogens (tertiary/aromatic N) is 2. The van der Waals surface area contributed by atoms with Crippen LogP contribution in [0.2, 0.25) is 0 Å². The van der Waals surface area contributed by atoms with Gasteiger partial charge >= 0.3 is 0 Å². The van der Waals surface area contributed by atoms with Gasteiger partial charge in [0.05, 0.1) is 10.6 Å². The Morgan fingerprint density at radius 1 is 0.842 bits per heavy atom. The van der Waals surface area contributed by atoms with Gasteiger partial charge in [-0.15, -0.1) is 0 Å². The molecule has 0 saturated heterocycles. The third-order valence-corrected chi connectivity index (χ3v) is 8.30. The monoisotopic (exact) mass is 535 g/mol. The highest BCUT2D eigenvalue weighted by molar-refractivity contribution is 7.92. The summed E-state index contributed by atoms with van der Waals surface area (Å²) in [5.74, 6) is -0.777. The van der Waals surface area contributed by atoms with Gasteiger partial charge in [-0.05, 0) is 76.4 Å². The Hall–Kier alpha value is -3.65. The third kappa shape index (κ3) is 6.81. The number of anilines is 1. The predicted molar refractivity (Wildman–Crippen MR) is 151 cm³/mol. The van der Waals surface area contributed by atoms with Crippen molar-refractivity contribution in [2.75, 3.05) is 10.8 Å². The van der Waals surface area contributed by atoms with Crippen LogP contribution < -0.4 is 9.62 Å². The molecule has 3 aromatic carbocycles. The summed E-state index contributed by atoms with van der Waals surface area (Å²) in [6.07, 6.45) is 0. The lowest BCUT2D eigenvalue weighted by molar-refractivity contribution is -0.139. The quantitative estimate of drug-likeness (QED) is 0.406. The molecule has 0 heterocycles. The lowest BCUT2D eigenvalue weighted by atomic mass is 10.1. The van der Waals surface area contributed by atoms with Gasteiger partial charge in [0.1, 0.15) is 12.6 Å². The van der Waals surface area contributed by atoms with Crippen molar-refractivity contribution in [3.63, 3.8) is 0 Å². The van der Waals surface area contributed by atoms with E-state index in [0.717, 1.165) is 26.6 Å². The van der Waals surface area contributed by atoms with E-state index in [2.05, 4.69) is 5.32 Å². The topological polar surface area (TPSA) is 86.8 Å². The second kappa shape index (κ2) is 12.3. The molecular formula is C30H37N3O4S. The fourth-order valence-electron chi connectivity index (χ4n) is 4.12. The number of hydrogen-bond acceptors (Lipinski definition) is 4. The van der Waals surface area contributed by atoms with Crippen LogP contribution in [0.3, 0.4) is 0 Å². The van der Waals surface area contributed by atoms with Crippen molar-refractivity contribution >= 4 is 27.5 Å². The first-order valence-electron chi connectivity index (χ1n) is 12.7. The number of carbonyl (C=O) groups excluding carboxylic acids is 2. The van der Waals surface area contributed by atoms with Crippen LogP contribution in [0.5, 0.6) is 0 Å². The highest BCUT2D eigenvalue weighted by Crippen LogP contribution is 2.29. The van der Waals surface area contributed by atoms with Crippen LogP contribution in [0.4, 0.5) is 5.69 Å². The Morgan fingerprint density at radius 3 is 2.08 bits per heavy atom. The lowest BCUT2D eigenvalue weighted by Gasteiger charge is -2.33. The molecule has 7 nitrogen and oxygen atoms in total. The van der Waals surface area contributed by atoms with Crippen LogP contribution in [0.1, 0.15) is 43.0 Å². The van der Waals surface area contributed by atoms with Crippen molar-refractivity contribution in [2.24, 2.45) is 0 Å². The average Bonchev–Trinajstić information content (AvgIpc) is 2.87. The van der Waals surface area contributed by atoms with E-state index in [9.17, 15) is 18.0 Å². The molecule has 0 radical (unpaired) electrons. The van der Waals surface area contributed by atoms with Crippen molar-refractivity contribution in [1.29, 1.82) is 0 Å². The van der Waals surface area contributed by atoms with Gasteiger partial charge in [0.25, 0.3) is 10.0 Å². The van der Waals surface area contributed by atoms with E-state index in [1.54, 1.807) is 43.3 Å². The zero-order chi connectivity index (χ0) is 28.0. The molecule has 3 rings (SSSR count). The Morgan fingerprint density at radius 2 is 1.47 bits per heavy atom. The summed E-state index contributed by atoms with van der Waals surface area (Å²) in [4.78, 5) is 28.4. The van der Waals surface area contributed by atoms with Gasteiger partial charge in [0, 0.05) is 12.6 Å². The largest absolute Gasteiger partial charge is 0.352 e. The minimum atomic E-state index is -4.09. The smallest absolute Gasteiger partial charge is 0.264 e. The molecule has 0 spiro atoms. The number of nitrogens with one attached hydrogen (secondary N) is 1. The van der Waals surface area contributed by atoms with Crippen LogP contribution in [0.15, 0.2) is 77.7 Å². The first-order chi connectivity index (χ1) is 17.9. The molecule has 38 heavy (non-hydrogen) atoms. The molecule has 202 valence electrons. The van der Waals surface area contributed by atoms with E-state index >= 15 is 0 Å². The van der Waals surface area contributed by atoms with Crippen molar-refractivity contribution in [3.05, 3.63) is 95.1 Å². The number of aryl methyl sites for hydroxylation is 2. The maximum Gasteiger partial charge on any atom is 0.264 e. The summed E-state index contributed by atoms with van der Waals surface area (Å²) < 4.78 is 29.1. The number of hydrogen-bond donors (Lipinski definition) is 1. The summed E-state index contributed by atoms with van der Waals surface area (Å²) in [6.45, 7) is 10.7. The van der Waals surface area contributed by atoms with E-state index in [4.69, 9.17) is 0 Å². The molecular weight excluding hydrogens is 498 g/mol. The maximum atomic E-state index is 13.9. The SMILES string of the molecule is Cc1ccc(S(=O)(=O)N(CC(=O)N(Cc2ccccc2)C(C)C(=O)NC(C)C)c2cccc(C)c2C)cc1. The van der Waals surface area contributed by atoms with E-state index in [-0.39, 0.29) is 23.4 Å². The molecule has 0 bridgehead atoms. The standard InChI is InChI=1S/C30H37N3O4S/c1-21(2)31-30(35)25(6)32(19-26-12-8-7-9-13-26)29(34)20-33(28-14-10-11-23(4)24(28)5)38(36,37)27-17-15-22(3)16-18-27/h7-18,21,25H,19-20H2,1-6H3,(H,31,35). The number of rotatable bonds is 10. The molecule has 0 saturated carbocycles. The second-order valence-corrected chi connectivity index (χ2v) is 11.8. The zero-order valence-corrected chi connectivity index (χ0v) is 23.7. The molecule has 0 aromatic heterocycles. The Kier molecular flexibility index (Phi) is 9.33. The van der Waals surface area contributed by atoms with Gasteiger partial charge in [0.15, 0.2) is 0 Å². The molecule has 1 atom stereocenters. The molecule has 0 aliphatic heterocycles. The van der Waals surface area contributed by atoms with Crippen LogP contribution in [0, 0.1) is 20.8 Å². The zero-order valence-electron chi connectivity index (χ0n) is 22.9. The molecule has 1 unspecified atom stereocenters. The molecule has 2 amide bonds. The highest BCUT2D eigenvalue weighted by Gasteiger charge is 2.33. The summed E-state index contributed by atoms with van der Waals surface area (Å²) >= 11 is 0. The van der Waals surface area contributed by atoms with E-state index in [1.165, 1.54) is 4.90 Å². The second-order valence-electron chi connectivity index (χ2n) is 9.89. The average molecular weight is 536 g/mol. The lowest BCUT2D eigenvalue weighted by Crippen LogP contribution is -2.52. The summed E-state index contributed by atoms with van der Waals surface area (Å²) in [5, 5.41) is 2.86. The van der Waals surface area contributed by atoms with Crippen LogP contribution in [0.25, 0.3) is 0 Å². The number of amides is 2. The summed E-state index contributed by atoms with van der Waals surface area (Å²) in [7, 11) is -4.09. The van der Waals surface area contributed by atoms with Crippen LogP contribution in [-0.2, 0) is 26.2 Å². The van der Waals surface area contributed by atoms with Gasteiger partial charge in [0.2, 0.25) is 11.8 Å². The summed E-state index contributed by atoms with van der Waals surface area (Å²) in [5.41, 5.74) is 3.86. The molecule has 8 heteroatoms. The minimum Gasteiger partial charge on any atom is -0.352 e. The number of carbonyl (C=O) groups is 2. The van der Waals surface area contributed by atoms with Crippen molar-refractivity contribution in [2.45, 2.75) is 65.1 Å². The summed E-state index contributed by atoms with van der Waals surface area (Å²) in [6, 6.07) is 20.4. The Labute approximate surface area is 226 Å². The number of sulfonamides is 1. The van der Waals surface area contributed by atoms with Gasteiger partial charge in [-0.3, -0.25) is 13.9 Å². The first kappa shape index (κ1) is 28.9. The van der Waals surface area contributed by atoms with Crippen LogP contribution >= 0.6 is 0 Å². The minimum absolute atomic E-state index is 0.0945. The predicted octanol–water partition coefficient (Wildman–Crippen LogP) is 4.75. The molecule has 1 N–H and O–H groups in total.